The molecule has 0 aliphatic carbocycles. The molecule has 0 spiro atoms. The summed E-state index contributed by atoms with van der Waals surface area (Å²) in [7, 11) is 0. The predicted octanol–water partition coefficient (Wildman–Crippen LogP) is 2.22. The van der Waals surface area contributed by atoms with Gasteiger partial charge < -0.3 is 9.84 Å². The number of hydrogen-bond donors (Lipinski definition) is 1. The van der Waals surface area contributed by atoms with Gasteiger partial charge in [0.05, 0.1) is 13.2 Å². The van der Waals surface area contributed by atoms with Crippen molar-refractivity contribution in [2.75, 3.05) is 6.61 Å². The van der Waals surface area contributed by atoms with Gasteiger partial charge in [-0.15, -0.1) is 11.8 Å². The van der Waals surface area contributed by atoms with Crippen LogP contribution in [0.15, 0.2) is 29.2 Å². The molecule has 1 N–H and O–H groups in total. The lowest BCUT2D eigenvalue weighted by atomic mass is 10.2. The Bertz CT molecular complexity index is 335. The molecule has 1 unspecified atom stereocenters. The molecule has 0 amide bonds. The quantitative estimate of drug-likeness (QED) is 0.633. The minimum Gasteiger partial charge on any atom is -0.465 e. The zero-order valence-corrected chi connectivity index (χ0v) is 10.3. The van der Waals surface area contributed by atoms with Gasteiger partial charge >= 0.3 is 5.97 Å². The first kappa shape index (κ1) is 13.1. The highest BCUT2D eigenvalue weighted by atomic mass is 32.2. The van der Waals surface area contributed by atoms with Crippen molar-refractivity contribution in [1.29, 1.82) is 0 Å². The lowest BCUT2D eigenvalue weighted by Crippen LogP contribution is -2.16. The Labute approximate surface area is 99.8 Å². The van der Waals surface area contributed by atoms with Crippen LogP contribution in [0.1, 0.15) is 19.4 Å². The van der Waals surface area contributed by atoms with Gasteiger partial charge in [-0.05, 0) is 31.5 Å². The number of aliphatic hydroxyl groups is 1. The number of carbonyl (C=O) groups excluding carboxylic acids is 1. The van der Waals surface area contributed by atoms with E-state index in [0.29, 0.717) is 6.61 Å². The minimum absolute atomic E-state index is 0.0401. The second kappa shape index (κ2) is 6.55. The zero-order chi connectivity index (χ0) is 12.0. The first-order valence-electron chi connectivity index (χ1n) is 5.20. The lowest BCUT2D eigenvalue weighted by molar-refractivity contribution is -0.142. The number of hydrogen-bond acceptors (Lipinski definition) is 4. The third-order valence-electron chi connectivity index (χ3n) is 2.04. The van der Waals surface area contributed by atoms with Crippen LogP contribution in [-0.2, 0) is 16.1 Å². The molecule has 1 rings (SSSR count). The van der Waals surface area contributed by atoms with E-state index < -0.39 is 0 Å². The Kier molecular flexibility index (Phi) is 5.35. The molecule has 0 aliphatic rings. The molecule has 4 heteroatoms. The molecule has 0 bridgehead atoms. The highest BCUT2D eigenvalue weighted by Crippen LogP contribution is 2.24. The van der Waals surface area contributed by atoms with Gasteiger partial charge in [-0.25, -0.2) is 0 Å². The van der Waals surface area contributed by atoms with E-state index in [1.165, 1.54) is 11.8 Å². The van der Waals surface area contributed by atoms with Crippen LogP contribution in [0.25, 0.3) is 0 Å². The molecule has 1 atom stereocenters. The monoisotopic (exact) mass is 240 g/mol. The van der Waals surface area contributed by atoms with Crippen LogP contribution in [0.2, 0.25) is 0 Å². The molecule has 0 aliphatic heterocycles. The summed E-state index contributed by atoms with van der Waals surface area (Å²) in [4.78, 5) is 12.4. The van der Waals surface area contributed by atoms with E-state index in [1.807, 2.05) is 31.2 Å². The third-order valence-corrected chi connectivity index (χ3v) is 3.13. The second-order valence-electron chi connectivity index (χ2n) is 3.31. The number of rotatable bonds is 5. The van der Waals surface area contributed by atoms with E-state index in [2.05, 4.69) is 0 Å². The molecule has 0 saturated carbocycles. The summed E-state index contributed by atoms with van der Waals surface area (Å²) >= 11 is 1.45. The first-order chi connectivity index (χ1) is 7.67. The summed E-state index contributed by atoms with van der Waals surface area (Å²) in [6.07, 6.45) is 0. The van der Waals surface area contributed by atoms with Crippen LogP contribution < -0.4 is 0 Å². The summed E-state index contributed by atoms with van der Waals surface area (Å²) in [6.45, 7) is 4.07. The zero-order valence-electron chi connectivity index (χ0n) is 9.47. The molecular formula is C12H16O3S. The average Bonchev–Trinajstić information content (AvgIpc) is 2.30. The van der Waals surface area contributed by atoms with Crippen molar-refractivity contribution in [2.24, 2.45) is 0 Å². The van der Waals surface area contributed by atoms with Crippen LogP contribution in [0.5, 0.6) is 0 Å². The minimum atomic E-state index is -0.208. The smallest absolute Gasteiger partial charge is 0.319 e. The standard InChI is InChI=1S/C12H16O3S/c1-3-15-12(14)9(2)16-11-6-4-10(8-13)5-7-11/h4-7,9,13H,3,8H2,1-2H3. The van der Waals surface area contributed by atoms with Crippen LogP contribution in [0.4, 0.5) is 0 Å². The van der Waals surface area contributed by atoms with E-state index >= 15 is 0 Å². The van der Waals surface area contributed by atoms with Crippen molar-refractivity contribution >= 4 is 17.7 Å². The molecule has 88 valence electrons. The van der Waals surface area contributed by atoms with Crippen molar-refractivity contribution in [3.05, 3.63) is 29.8 Å². The van der Waals surface area contributed by atoms with Crippen molar-refractivity contribution < 1.29 is 14.6 Å². The second-order valence-corrected chi connectivity index (χ2v) is 4.73. The van der Waals surface area contributed by atoms with Gasteiger partial charge in [-0.3, -0.25) is 4.79 Å². The fourth-order valence-electron chi connectivity index (χ4n) is 1.19. The predicted molar refractivity (Wildman–Crippen MR) is 64.3 cm³/mol. The normalized spacial score (nSPS) is 12.2. The Hall–Kier alpha value is -1.00. The third kappa shape index (κ3) is 3.87. The highest BCUT2D eigenvalue weighted by Gasteiger charge is 2.14. The number of aliphatic hydroxyl groups excluding tert-OH is 1. The van der Waals surface area contributed by atoms with Crippen molar-refractivity contribution in [1.82, 2.24) is 0 Å². The maximum atomic E-state index is 11.4. The fourth-order valence-corrected chi connectivity index (χ4v) is 2.05. The van der Waals surface area contributed by atoms with Crippen LogP contribution in [0.3, 0.4) is 0 Å². The molecule has 0 fully saturated rings. The number of ether oxygens (including phenoxy) is 1. The molecule has 16 heavy (non-hydrogen) atoms. The maximum Gasteiger partial charge on any atom is 0.319 e. The molecular weight excluding hydrogens is 224 g/mol. The van der Waals surface area contributed by atoms with Gasteiger partial charge in [-0.1, -0.05) is 12.1 Å². The summed E-state index contributed by atoms with van der Waals surface area (Å²) in [5.74, 6) is -0.196. The van der Waals surface area contributed by atoms with E-state index in [4.69, 9.17) is 9.84 Å². The van der Waals surface area contributed by atoms with Gasteiger partial charge in [0.1, 0.15) is 5.25 Å². The Morgan fingerprint density at radius 3 is 2.56 bits per heavy atom. The molecule has 0 aromatic heterocycles. The number of thioether (sulfide) groups is 1. The van der Waals surface area contributed by atoms with Crippen molar-refractivity contribution in [2.45, 2.75) is 30.6 Å². The van der Waals surface area contributed by atoms with E-state index in [0.717, 1.165) is 10.5 Å². The first-order valence-corrected chi connectivity index (χ1v) is 6.08. The molecule has 1 aromatic carbocycles. The fraction of sp³-hybridized carbons (Fsp3) is 0.417. The molecule has 0 radical (unpaired) electrons. The van der Waals surface area contributed by atoms with E-state index in [1.54, 1.807) is 6.92 Å². The number of esters is 1. The van der Waals surface area contributed by atoms with Crippen molar-refractivity contribution in [3.63, 3.8) is 0 Å². The van der Waals surface area contributed by atoms with E-state index in [-0.39, 0.29) is 17.8 Å². The molecule has 3 nitrogen and oxygen atoms in total. The summed E-state index contributed by atoms with van der Waals surface area (Å²) in [6, 6.07) is 7.48. The molecule has 1 aromatic rings. The summed E-state index contributed by atoms with van der Waals surface area (Å²) < 4.78 is 4.92. The van der Waals surface area contributed by atoms with Crippen molar-refractivity contribution in [3.8, 4) is 0 Å². The summed E-state index contributed by atoms with van der Waals surface area (Å²) in [5.41, 5.74) is 0.869. The Morgan fingerprint density at radius 2 is 2.06 bits per heavy atom. The SMILES string of the molecule is CCOC(=O)C(C)Sc1ccc(CO)cc1. The molecule has 0 heterocycles. The van der Waals surface area contributed by atoms with Gasteiger partial charge in [0, 0.05) is 4.90 Å². The number of benzene rings is 1. The van der Waals surface area contributed by atoms with Gasteiger partial charge in [0.15, 0.2) is 0 Å². The average molecular weight is 240 g/mol. The molecule has 0 saturated heterocycles. The van der Waals surface area contributed by atoms with E-state index in [9.17, 15) is 4.79 Å². The van der Waals surface area contributed by atoms with Crippen LogP contribution in [-0.4, -0.2) is 22.9 Å². The largest absolute Gasteiger partial charge is 0.465 e. The van der Waals surface area contributed by atoms with Crippen LogP contribution >= 0.6 is 11.8 Å². The maximum absolute atomic E-state index is 11.4. The van der Waals surface area contributed by atoms with Gasteiger partial charge in [0.2, 0.25) is 0 Å². The van der Waals surface area contributed by atoms with Gasteiger partial charge in [-0.2, -0.15) is 0 Å². The topological polar surface area (TPSA) is 46.5 Å². The Morgan fingerprint density at radius 1 is 1.44 bits per heavy atom. The van der Waals surface area contributed by atoms with Crippen LogP contribution in [0, 0.1) is 0 Å². The van der Waals surface area contributed by atoms with Gasteiger partial charge in [0.25, 0.3) is 0 Å². The Balaban J connectivity index is 2.55. The number of carbonyl (C=O) groups is 1. The highest BCUT2D eigenvalue weighted by molar-refractivity contribution is 8.00. The summed E-state index contributed by atoms with van der Waals surface area (Å²) in [5, 5.41) is 8.68. The lowest BCUT2D eigenvalue weighted by Gasteiger charge is -2.10.